The third-order valence-electron chi connectivity index (χ3n) is 3.34. The molecule has 0 bridgehead atoms. The summed E-state index contributed by atoms with van der Waals surface area (Å²) in [5.74, 6) is 1.39. The van der Waals surface area contributed by atoms with Gasteiger partial charge in [-0.3, -0.25) is 0 Å². The lowest BCUT2D eigenvalue weighted by molar-refractivity contribution is 0.212. The van der Waals surface area contributed by atoms with Crippen molar-refractivity contribution in [1.29, 1.82) is 0 Å². The maximum Gasteiger partial charge on any atom is 0.00876 e. The molecule has 2 aliphatic rings. The van der Waals surface area contributed by atoms with Crippen LogP contribution in [0.1, 0.15) is 26.2 Å². The Kier molecular flexibility index (Phi) is 2.15. The molecule has 2 saturated heterocycles. The van der Waals surface area contributed by atoms with Crippen LogP contribution >= 0.6 is 11.8 Å². The molecule has 2 heteroatoms. The second-order valence-corrected chi connectivity index (χ2v) is 5.35. The fraction of sp³-hybridized carbons (Fsp3) is 1.00. The molecule has 0 aromatic carbocycles. The molecule has 1 nitrogen and oxygen atoms in total. The third-order valence-corrected chi connectivity index (χ3v) is 4.78. The van der Waals surface area contributed by atoms with Crippen molar-refractivity contribution in [1.82, 2.24) is 5.32 Å². The van der Waals surface area contributed by atoms with Crippen LogP contribution in [0.2, 0.25) is 0 Å². The lowest BCUT2D eigenvalue weighted by atomic mass is 9.76. The van der Waals surface area contributed by atoms with Gasteiger partial charge in [0.25, 0.3) is 0 Å². The van der Waals surface area contributed by atoms with Crippen molar-refractivity contribution in [2.45, 2.75) is 31.4 Å². The maximum atomic E-state index is 3.53. The number of piperidine rings is 1. The van der Waals surface area contributed by atoms with Gasteiger partial charge < -0.3 is 5.32 Å². The first-order chi connectivity index (χ1) is 5.33. The van der Waals surface area contributed by atoms with Gasteiger partial charge in [0.2, 0.25) is 0 Å². The highest BCUT2D eigenvalue weighted by atomic mass is 32.2. The predicted molar refractivity (Wildman–Crippen MR) is 51.1 cm³/mol. The Balaban J connectivity index is 2.06. The minimum atomic E-state index is 0.683. The molecule has 2 unspecified atom stereocenters. The van der Waals surface area contributed by atoms with Gasteiger partial charge >= 0.3 is 0 Å². The Morgan fingerprint density at radius 2 is 2.36 bits per heavy atom. The molecule has 1 N–H and O–H groups in total. The average Bonchev–Trinajstić information content (AvgIpc) is 2.36. The van der Waals surface area contributed by atoms with Crippen molar-refractivity contribution in [3.8, 4) is 0 Å². The Morgan fingerprint density at radius 1 is 1.45 bits per heavy atom. The summed E-state index contributed by atoms with van der Waals surface area (Å²) in [5, 5.41) is 4.43. The van der Waals surface area contributed by atoms with Crippen LogP contribution in [0.3, 0.4) is 0 Å². The average molecular weight is 171 g/mol. The number of hydrogen-bond acceptors (Lipinski definition) is 2. The van der Waals surface area contributed by atoms with Crippen LogP contribution in [-0.2, 0) is 0 Å². The van der Waals surface area contributed by atoms with E-state index in [0.29, 0.717) is 5.41 Å². The highest BCUT2D eigenvalue weighted by Crippen LogP contribution is 2.46. The van der Waals surface area contributed by atoms with Crippen LogP contribution in [0.25, 0.3) is 0 Å². The Hall–Kier alpha value is 0.310. The van der Waals surface area contributed by atoms with E-state index < -0.39 is 0 Å². The molecular formula is C9H17NS. The van der Waals surface area contributed by atoms with Gasteiger partial charge in [-0.15, -0.1) is 0 Å². The van der Waals surface area contributed by atoms with E-state index in [2.05, 4.69) is 24.0 Å². The van der Waals surface area contributed by atoms with E-state index in [1.54, 1.807) is 0 Å². The molecule has 0 amide bonds. The number of thioether (sulfide) groups is 1. The quantitative estimate of drug-likeness (QED) is 0.597. The normalized spacial score (nSPS) is 45.0. The van der Waals surface area contributed by atoms with Crippen LogP contribution in [-0.4, -0.2) is 24.1 Å². The van der Waals surface area contributed by atoms with E-state index in [0.717, 1.165) is 5.25 Å². The molecule has 2 fully saturated rings. The van der Waals surface area contributed by atoms with Crippen LogP contribution in [0, 0.1) is 5.41 Å². The van der Waals surface area contributed by atoms with E-state index in [-0.39, 0.29) is 0 Å². The smallest absolute Gasteiger partial charge is 0.00876 e. The van der Waals surface area contributed by atoms with E-state index in [1.807, 2.05) is 0 Å². The molecule has 2 atom stereocenters. The van der Waals surface area contributed by atoms with Gasteiger partial charge in [-0.1, -0.05) is 6.92 Å². The molecule has 0 aromatic rings. The minimum absolute atomic E-state index is 0.683. The first kappa shape index (κ1) is 7.93. The van der Waals surface area contributed by atoms with E-state index >= 15 is 0 Å². The summed E-state index contributed by atoms with van der Waals surface area (Å²) in [4.78, 5) is 0. The summed E-state index contributed by atoms with van der Waals surface area (Å²) in [7, 11) is 0. The molecule has 1 spiro atoms. The van der Waals surface area contributed by atoms with Crippen LogP contribution in [0.4, 0.5) is 0 Å². The third kappa shape index (κ3) is 1.31. The number of nitrogens with one attached hydrogen (secondary N) is 1. The lowest BCUT2D eigenvalue weighted by Gasteiger charge is -2.37. The van der Waals surface area contributed by atoms with Crippen molar-refractivity contribution < 1.29 is 0 Å². The highest BCUT2D eigenvalue weighted by Gasteiger charge is 2.41. The van der Waals surface area contributed by atoms with Gasteiger partial charge in [-0.05, 0) is 37.0 Å². The first-order valence-electron chi connectivity index (χ1n) is 4.66. The zero-order valence-electron chi connectivity index (χ0n) is 7.23. The van der Waals surface area contributed by atoms with E-state index in [4.69, 9.17) is 0 Å². The fourth-order valence-electron chi connectivity index (χ4n) is 2.37. The topological polar surface area (TPSA) is 12.0 Å². The summed E-state index contributed by atoms with van der Waals surface area (Å²) in [6.45, 7) is 4.94. The Labute approximate surface area is 73.3 Å². The van der Waals surface area contributed by atoms with Gasteiger partial charge in [0.05, 0.1) is 0 Å². The molecule has 0 radical (unpaired) electrons. The second-order valence-electron chi connectivity index (χ2n) is 3.91. The minimum Gasteiger partial charge on any atom is -0.316 e. The second kappa shape index (κ2) is 2.98. The van der Waals surface area contributed by atoms with E-state index in [9.17, 15) is 0 Å². The lowest BCUT2D eigenvalue weighted by Crippen LogP contribution is -2.43. The van der Waals surface area contributed by atoms with Crippen molar-refractivity contribution in [2.24, 2.45) is 5.41 Å². The zero-order valence-corrected chi connectivity index (χ0v) is 8.04. The van der Waals surface area contributed by atoms with Crippen molar-refractivity contribution >= 4 is 11.8 Å². The predicted octanol–water partition coefficient (Wildman–Crippen LogP) is 1.88. The Morgan fingerprint density at radius 3 is 2.91 bits per heavy atom. The molecule has 11 heavy (non-hydrogen) atoms. The summed E-state index contributed by atoms with van der Waals surface area (Å²) in [6, 6.07) is 0. The van der Waals surface area contributed by atoms with Crippen LogP contribution in [0.15, 0.2) is 0 Å². The summed E-state index contributed by atoms with van der Waals surface area (Å²) in [5.41, 5.74) is 0.683. The van der Waals surface area contributed by atoms with Gasteiger partial charge in [0.1, 0.15) is 0 Å². The molecule has 0 aromatic heterocycles. The van der Waals surface area contributed by atoms with Crippen LogP contribution < -0.4 is 5.32 Å². The summed E-state index contributed by atoms with van der Waals surface area (Å²) >= 11 is 2.16. The SMILES string of the molecule is CC1SCCC12CCCNC2. The van der Waals surface area contributed by atoms with Gasteiger partial charge in [0.15, 0.2) is 0 Å². The highest BCUT2D eigenvalue weighted by molar-refractivity contribution is 8.00. The first-order valence-corrected chi connectivity index (χ1v) is 5.71. The molecule has 2 aliphatic heterocycles. The van der Waals surface area contributed by atoms with Gasteiger partial charge in [0, 0.05) is 11.8 Å². The number of rotatable bonds is 0. The van der Waals surface area contributed by atoms with E-state index in [1.165, 1.54) is 38.1 Å². The monoisotopic (exact) mass is 171 g/mol. The molecule has 0 aliphatic carbocycles. The largest absolute Gasteiger partial charge is 0.316 e. The molecule has 64 valence electrons. The molecule has 0 saturated carbocycles. The summed E-state index contributed by atoms with van der Waals surface area (Å²) in [6.07, 6.45) is 4.31. The molecular weight excluding hydrogens is 154 g/mol. The van der Waals surface area contributed by atoms with Crippen molar-refractivity contribution in [3.63, 3.8) is 0 Å². The summed E-state index contributed by atoms with van der Waals surface area (Å²) < 4.78 is 0. The Bertz CT molecular complexity index is 140. The maximum absolute atomic E-state index is 3.53. The molecule has 2 rings (SSSR count). The van der Waals surface area contributed by atoms with Crippen molar-refractivity contribution in [2.75, 3.05) is 18.8 Å². The molecule has 2 heterocycles. The zero-order chi connectivity index (χ0) is 7.73. The van der Waals surface area contributed by atoms with Crippen LogP contribution in [0.5, 0.6) is 0 Å². The van der Waals surface area contributed by atoms with Gasteiger partial charge in [-0.2, -0.15) is 11.8 Å². The number of hydrogen-bond donors (Lipinski definition) is 1. The fourth-order valence-corrected chi connectivity index (χ4v) is 3.92. The van der Waals surface area contributed by atoms with Gasteiger partial charge in [-0.25, -0.2) is 0 Å². The van der Waals surface area contributed by atoms with Crippen molar-refractivity contribution in [3.05, 3.63) is 0 Å². The standard InChI is InChI=1S/C9H17NS/c1-8-9(4-6-11-8)3-2-5-10-7-9/h8,10H,2-7H2,1H3.